The average Bonchev–Trinajstić information content (AvgIpc) is 2.93. The first-order valence-corrected chi connectivity index (χ1v) is 6.65. The first-order valence-electron chi connectivity index (χ1n) is 5.85. The zero-order chi connectivity index (χ0) is 15.0. The predicted octanol–water partition coefficient (Wildman–Crippen LogP) is 2.95. The number of halogens is 3. The molecule has 1 aromatic heterocycles. The molecule has 0 bridgehead atoms. The van der Waals surface area contributed by atoms with Gasteiger partial charge in [-0.05, 0) is 56.7 Å². The summed E-state index contributed by atoms with van der Waals surface area (Å²) in [5.74, 6) is -0.723. The third kappa shape index (κ3) is 2.49. The topological polar surface area (TPSA) is 69.6 Å². The van der Waals surface area contributed by atoms with Crippen molar-refractivity contribution in [2.75, 3.05) is 5.73 Å². The molecule has 3 rings (SSSR count). The molecule has 5 nitrogen and oxygen atoms in total. The molecule has 3 aromatic rings. The van der Waals surface area contributed by atoms with Crippen LogP contribution in [0.5, 0.6) is 0 Å². The molecule has 106 valence electrons. The molecule has 0 aliphatic carbocycles. The van der Waals surface area contributed by atoms with Gasteiger partial charge in [-0.3, -0.25) is 0 Å². The monoisotopic (exact) mass is 351 g/mol. The van der Waals surface area contributed by atoms with Crippen LogP contribution in [0.25, 0.3) is 17.1 Å². The summed E-state index contributed by atoms with van der Waals surface area (Å²) < 4.78 is 28.9. The van der Waals surface area contributed by atoms with Gasteiger partial charge in [-0.1, -0.05) is 0 Å². The molecule has 0 amide bonds. The van der Waals surface area contributed by atoms with Crippen molar-refractivity contribution in [1.29, 1.82) is 0 Å². The van der Waals surface area contributed by atoms with Gasteiger partial charge < -0.3 is 5.73 Å². The van der Waals surface area contributed by atoms with Crippen LogP contribution >= 0.6 is 15.9 Å². The number of nitrogen functional groups attached to an aromatic ring is 1. The molecule has 21 heavy (non-hydrogen) atoms. The molecule has 0 saturated carbocycles. The first kappa shape index (κ1) is 13.6. The summed E-state index contributed by atoms with van der Waals surface area (Å²) in [6.45, 7) is 0. The van der Waals surface area contributed by atoms with E-state index in [-0.39, 0.29) is 11.5 Å². The summed E-state index contributed by atoms with van der Waals surface area (Å²) in [5, 5.41) is 11.2. The van der Waals surface area contributed by atoms with Gasteiger partial charge >= 0.3 is 0 Å². The molecule has 0 fully saturated rings. The lowest BCUT2D eigenvalue weighted by Gasteiger charge is -2.07. The lowest BCUT2D eigenvalue weighted by molar-refractivity contribution is 0.624. The molecular formula is C13H8BrF2N5. The SMILES string of the molecule is Nc1ccc(-c2nnnn2-c2cc(F)ccc2Br)cc1F. The molecule has 2 aromatic carbocycles. The van der Waals surface area contributed by atoms with Crippen molar-refractivity contribution in [2.24, 2.45) is 0 Å². The first-order chi connectivity index (χ1) is 10.1. The van der Waals surface area contributed by atoms with E-state index in [0.29, 0.717) is 15.7 Å². The van der Waals surface area contributed by atoms with Crippen LogP contribution in [-0.2, 0) is 0 Å². The van der Waals surface area contributed by atoms with Crippen LogP contribution in [0.3, 0.4) is 0 Å². The minimum absolute atomic E-state index is 0.0321. The van der Waals surface area contributed by atoms with Crippen molar-refractivity contribution >= 4 is 21.6 Å². The number of tetrazole rings is 1. The summed E-state index contributed by atoms with van der Waals surface area (Å²) in [5.41, 5.74) is 6.32. The molecule has 0 aliphatic rings. The number of hydrogen-bond acceptors (Lipinski definition) is 4. The predicted molar refractivity (Wildman–Crippen MR) is 76.6 cm³/mol. The van der Waals surface area contributed by atoms with Crippen molar-refractivity contribution in [2.45, 2.75) is 0 Å². The normalized spacial score (nSPS) is 10.8. The number of nitrogens with two attached hydrogens (primary N) is 1. The molecule has 1 heterocycles. The number of rotatable bonds is 2. The van der Waals surface area contributed by atoms with Gasteiger partial charge in [0.15, 0.2) is 5.82 Å². The van der Waals surface area contributed by atoms with Crippen LogP contribution in [0, 0.1) is 11.6 Å². The maximum absolute atomic E-state index is 13.6. The minimum atomic E-state index is -0.569. The van der Waals surface area contributed by atoms with Crippen molar-refractivity contribution in [3.8, 4) is 17.1 Å². The van der Waals surface area contributed by atoms with Crippen LogP contribution in [0.1, 0.15) is 0 Å². The Bertz CT molecular complexity index is 818. The summed E-state index contributed by atoms with van der Waals surface area (Å²) in [6, 6.07) is 8.36. The highest BCUT2D eigenvalue weighted by molar-refractivity contribution is 9.10. The van der Waals surface area contributed by atoms with Crippen molar-refractivity contribution in [3.63, 3.8) is 0 Å². The van der Waals surface area contributed by atoms with E-state index in [1.54, 1.807) is 12.1 Å². The van der Waals surface area contributed by atoms with E-state index in [0.717, 1.165) is 0 Å². The van der Waals surface area contributed by atoms with Crippen LogP contribution in [0.2, 0.25) is 0 Å². The average molecular weight is 352 g/mol. The van der Waals surface area contributed by atoms with Gasteiger partial charge in [-0.25, -0.2) is 8.78 Å². The number of aromatic nitrogens is 4. The van der Waals surface area contributed by atoms with Crippen molar-refractivity contribution < 1.29 is 8.78 Å². The van der Waals surface area contributed by atoms with E-state index in [2.05, 4.69) is 31.5 Å². The highest BCUT2D eigenvalue weighted by Gasteiger charge is 2.15. The van der Waals surface area contributed by atoms with Gasteiger partial charge in [0.05, 0.1) is 11.4 Å². The van der Waals surface area contributed by atoms with Crippen LogP contribution < -0.4 is 5.73 Å². The maximum Gasteiger partial charge on any atom is 0.187 e. The van der Waals surface area contributed by atoms with E-state index >= 15 is 0 Å². The second-order valence-corrected chi connectivity index (χ2v) is 5.10. The third-order valence-corrected chi connectivity index (χ3v) is 3.54. The van der Waals surface area contributed by atoms with Crippen LogP contribution in [0.15, 0.2) is 40.9 Å². The van der Waals surface area contributed by atoms with E-state index in [9.17, 15) is 8.78 Å². The molecule has 0 atom stereocenters. The Morgan fingerprint density at radius 3 is 2.67 bits per heavy atom. The Kier molecular flexibility index (Phi) is 3.38. The van der Waals surface area contributed by atoms with Gasteiger partial charge in [0, 0.05) is 16.1 Å². The highest BCUT2D eigenvalue weighted by Crippen LogP contribution is 2.27. The second kappa shape index (κ2) is 5.21. The summed E-state index contributed by atoms with van der Waals surface area (Å²) >= 11 is 3.31. The highest BCUT2D eigenvalue weighted by atomic mass is 79.9. The van der Waals surface area contributed by atoms with Gasteiger partial charge in [0.1, 0.15) is 11.6 Å². The standard InChI is InChI=1S/C13H8BrF2N5/c14-9-3-2-8(15)6-12(9)21-13(18-19-20-21)7-1-4-11(17)10(16)5-7/h1-6H,17H2. The minimum Gasteiger partial charge on any atom is -0.396 e. The fourth-order valence-electron chi connectivity index (χ4n) is 1.84. The van der Waals surface area contributed by atoms with Gasteiger partial charge in [-0.2, -0.15) is 4.68 Å². The Labute approximate surface area is 126 Å². The lowest BCUT2D eigenvalue weighted by Crippen LogP contribution is -2.02. The Morgan fingerprint density at radius 1 is 1.10 bits per heavy atom. The summed E-state index contributed by atoms with van der Waals surface area (Å²) in [4.78, 5) is 0. The molecule has 0 aliphatic heterocycles. The van der Waals surface area contributed by atoms with E-state index in [4.69, 9.17) is 5.73 Å². The summed E-state index contributed by atoms with van der Waals surface area (Å²) in [7, 11) is 0. The van der Waals surface area contributed by atoms with Crippen molar-refractivity contribution in [3.05, 3.63) is 52.5 Å². The molecular weight excluding hydrogens is 344 g/mol. The Hall–Kier alpha value is -2.35. The van der Waals surface area contributed by atoms with Gasteiger partial charge in [-0.15, -0.1) is 5.10 Å². The summed E-state index contributed by atoms with van der Waals surface area (Å²) in [6.07, 6.45) is 0. The number of hydrogen-bond donors (Lipinski definition) is 1. The molecule has 0 radical (unpaired) electrons. The fourth-order valence-corrected chi connectivity index (χ4v) is 2.26. The zero-order valence-corrected chi connectivity index (χ0v) is 12.1. The van der Waals surface area contributed by atoms with E-state index in [1.807, 2.05) is 0 Å². The Balaban J connectivity index is 2.17. The lowest BCUT2D eigenvalue weighted by atomic mass is 10.2. The molecule has 8 heteroatoms. The molecule has 0 spiro atoms. The molecule has 0 saturated heterocycles. The number of nitrogens with zero attached hydrogens (tertiary/aromatic N) is 4. The molecule has 0 unspecified atom stereocenters. The zero-order valence-electron chi connectivity index (χ0n) is 10.5. The van der Waals surface area contributed by atoms with Crippen LogP contribution in [0.4, 0.5) is 14.5 Å². The maximum atomic E-state index is 13.6. The van der Waals surface area contributed by atoms with Crippen molar-refractivity contribution in [1.82, 2.24) is 20.2 Å². The van der Waals surface area contributed by atoms with E-state index in [1.165, 1.54) is 28.9 Å². The number of benzene rings is 2. The smallest absolute Gasteiger partial charge is 0.187 e. The number of anilines is 1. The Morgan fingerprint density at radius 2 is 1.90 bits per heavy atom. The quantitative estimate of drug-likeness (QED) is 0.720. The fraction of sp³-hybridized carbons (Fsp3) is 0. The van der Waals surface area contributed by atoms with Gasteiger partial charge in [0.2, 0.25) is 0 Å². The van der Waals surface area contributed by atoms with E-state index < -0.39 is 11.6 Å². The largest absolute Gasteiger partial charge is 0.396 e. The molecule has 2 N–H and O–H groups in total. The third-order valence-electron chi connectivity index (χ3n) is 2.86. The van der Waals surface area contributed by atoms with Crippen LogP contribution in [-0.4, -0.2) is 20.2 Å². The van der Waals surface area contributed by atoms with Gasteiger partial charge in [0.25, 0.3) is 0 Å². The second-order valence-electron chi connectivity index (χ2n) is 4.25.